The molecule has 0 unspecified atom stereocenters. The van der Waals surface area contributed by atoms with E-state index in [1.807, 2.05) is 25.1 Å². The first-order valence-electron chi connectivity index (χ1n) is 6.90. The largest absolute Gasteiger partial charge is 0.323 e. The number of nitrogens with one attached hydrogen (secondary N) is 2. The van der Waals surface area contributed by atoms with Crippen molar-refractivity contribution in [3.8, 4) is 0 Å². The van der Waals surface area contributed by atoms with Gasteiger partial charge in [-0.05, 0) is 42.2 Å². The molecule has 4 heteroatoms. The van der Waals surface area contributed by atoms with Gasteiger partial charge in [-0.25, -0.2) is 4.79 Å². The summed E-state index contributed by atoms with van der Waals surface area (Å²) in [7, 11) is 0. The highest BCUT2D eigenvalue weighted by Gasteiger charge is 2.12. The molecular weight excluding hydrogens is 284 g/mol. The van der Waals surface area contributed by atoms with Gasteiger partial charge in [0, 0.05) is 16.4 Å². The van der Waals surface area contributed by atoms with Gasteiger partial charge in [-0.2, -0.15) is 0 Å². The van der Waals surface area contributed by atoms with Crippen LogP contribution >= 0.6 is 11.6 Å². The van der Waals surface area contributed by atoms with Gasteiger partial charge in [-0.3, -0.25) is 0 Å². The lowest BCUT2D eigenvalue weighted by Crippen LogP contribution is -2.21. The lowest BCUT2D eigenvalue weighted by atomic mass is 9.98. The van der Waals surface area contributed by atoms with E-state index < -0.39 is 0 Å². The maximum absolute atomic E-state index is 12.2. The number of para-hydroxylation sites is 1. The maximum Gasteiger partial charge on any atom is 0.323 e. The van der Waals surface area contributed by atoms with Gasteiger partial charge in [0.05, 0.1) is 0 Å². The van der Waals surface area contributed by atoms with E-state index in [0.717, 1.165) is 16.8 Å². The maximum atomic E-state index is 12.2. The van der Waals surface area contributed by atoms with Crippen LogP contribution in [0.3, 0.4) is 0 Å². The molecule has 0 fully saturated rings. The van der Waals surface area contributed by atoms with Crippen LogP contribution in [0.15, 0.2) is 42.5 Å². The Morgan fingerprint density at radius 2 is 1.81 bits per heavy atom. The summed E-state index contributed by atoms with van der Waals surface area (Å²) >= 11 is 5.91. The molecule has 0 spiro atoms. The predicted octanol–water partition coefficient (Wildman–Crippen LogP) is 5.42. The number of hydrogen-bond donors (Lipinski definition) is 2. The SMILES string of the molecule is Cc1cccc(C(C)C)c1NC(=O)Nc1cccc(Cl)c1. The highest BCUT2D eigenvalue weighted by atomic mass is 35.5. The van der Waals surface area contributed by atoms with E-state index in [4.69, 9.17) is 11.6 Å². The zero-order valence-corrected chi connectivity index (χ0v) is 13.2. The lowest BCUT2D eigenvalue weighted by Gasteiger charge is -2.16. The minimum absolute atomic E-state index is 0.270. The van der Waals surface area contributed by atoms with Crippen molar-refractivity contribution in [2.24, 2.45) is 0 Å². The van der Waals surface area contributed by atoms with E-state index in [2.05, 4.69) is 24.5 Å². The van der Waals surface area contributed by atoms with Gasteiger partial charge in [0.25, 0.3) is 0 Å². The van der Waals surface area contributed by atoms with E-state index in [9.17, 15) is 4.79 Å². The van der Waals surface area contributed by atoms with Crippen LogP contribution in [0.25, 0.3) is 0 Å². The molecule has 2 amide bonds. The van der Waals surface area contributed by atoms with Crippen LogP contribution in [0.4, 0.5) is 16.2 Å². The fraction of sp³-hybridized carbons (Fsp3) is 0.235. The van der Waals surface area contributed by atoms with Crippen LogP contribution < -0.4 is 10.6 Å². The molecule has 0 aliphatic rings. The van der Waals surface area contributed by atoms with Gasteiger partial charge in [0.15, 0.2) is 0 Å². The van der Waals surface area contributed by atoms with Crippen molar-refractivity contribution in [1.29, 1.82) is 0 Å². The van der Waals surface area contributed by atoms with Crippen LogP contribution in [-0.4, -0.2) is 6.03 Å². The normalized spacial score (nSPS) is 10.5. The van der Waals surface area contributed by atoms with Gasteiger partial charge in [-0.15, -0.1) is 0 Å². The van der Waals surface area contributed by atoms with Crippen LogP contribution in [-0.2, 0) is 0 Å². The monoisotopic (exact) mass is 302 g/mol. The molecule has 0 aliphatic heterocycles. The van der Waals surface area contributed by atoms with Gasteiger partial charge >= 0.3 is 6.03 Å². The van der Waals surface area contributed by atoms with Crippen LogP contribution in [0.1, 0.15) is 30.9 Å². The molecule has 110 valence electrons. The number of urea groups is 1. The van der Waals surface area contributed by atoms with E-state index in [1.165, 1.54) is 0 Å². The lowest BCUT2D eigenvalue weighted by molar-refractivity contribution is 0.262. The number of amides is 2. The zero-order valence-electron chi connectivity index (χ0n) is 12.4. The molecule has 21 heavy (non-hydrogen) atoms. The predicted molar refractivity (Wildman–Crippen MR) is 89.4 cm³/mol. The van der Waals surface area contributed by atoms with Crippen LogP contribution in [0.5, 0.6) is 0 Å². The first-order chi connectivity index (χ1) is 9.97. The van der Waals surface area contributed by atoms with E-state index in [-0.39, 0.29) is 6.03 Å². The number of aryl methyl sites for hydroxylation is 1. The van der Waals surface area contributed by atoms with Crippen molar-refractivity contribution >= 4 is 29.0 Å². The van der Waals surface area contributed by atoms with Crippen LogP contribution in [0.2, 0.25) is 5.02 Å². The Hall–Kier alpha value is -2.00. The number of benzene rings is 2. The molecule has 0 atom stereocenters. The van der Waals surface area contributed by atoms with Crippen LogP contribution in [0, 0.1) is 6.92 Å². The highest BCUT2D eigenvalue weighted by molar-refractivity contribution is 6.30. The highest BCUT2D eigenvalue weighted by Crippen LogP contribution is 2.27. The van der Waals surface area contributed by atoms with Gasteiger partial charge in [-0.1, -0.05) is 49.7 Å². The van der Waals surface area contributed by atoms with Crippen molar-refractivity contribution < 1.29 is 4.79 Å². The fourth-order valence-corrected chi connectivity index (χ4v) is 2.37. The first kappa shape index (κ1) is 15.4. The minimum Gasteiger partial charge on any atom is -0.308 e. The molecule has 0 aromatic heterocycles. The molecule has 2 rings (SSSR count). The zero-order chi connectivity index (χ0) is 15.4. The molecular formula is C17H19ClN2O. The molecule has 0 saturated carbocycles. The standard InChI is InChI=1S/C17H19ClN2O/c1-11(2)15-9-4-6-12(3)16(15)20-17(21)19-14-8-5-7-13(18)10-14/h4-11H,1-3H3,(H2,19,20,21). The van der Waals surface area contributed by atoms with Gasteiger partial charge in [0.1, 0.15) is 0 Å². The summed E-state index contributed by atoms with van der Waals surface area (Å²) in [6.07, 6.45) is 0. The molecule has 2 aromatic rings. The number of halogens is 1. The second-order valence-corrected chi connectivity index (χ2v) is 5.72. The molecule has 2 N–H and O–H groups in total. The van der Waals surface area contributed by atoms with Crippen molar-refractivity contribution in [3.63, 3.8) is 0 Å². The summed E-state index contributed by atoms with van der Waals surface area (Å²) in [5.74, 6) is 0.339. The summed E-state index contributed by atoms with van der Waals surface area (Å²) in [4.78, 5) is 12.2. The summed E-state index contributed by atoms with van der Waals surface area (Å²) < 4.78 is 0. The second-order valence-electron chi connectivity index (χ2n) is 5.28. The number of rotatable bonds is 3. The quantitative estimate of drug-likeness (QED) is 0.781. The molecule has 3 nitrogen and oxygen atoms in total. The molecule has 0 bridgehead atoms. The molecule has 0 radical (unpaired) electrons. The summed E-state index contributed by atoms with van der Waals surface area (Å²) in [6.45, 7) is 6.20. The Kier molecular flexibility index (Phi) is 4.86. The Bertz CT molecular complexity index is 653. The average Bonchev–Trinajstić information content (AvgIpc) is 2.40. The topological polar surface area (TPSA) is 41.1 Å². The number of carbonyl (C=O) groups is 1. The third-order valence-electron chi connectivity index (χ3n) is 3.25. The van der Waals surface area contributed by atoms with E-state index >= 15 is 0 Å². The van der Waals surface area contributed by atoms with E-state index in [0.29, 0.717) is 16.6 Å². The first-order valence-corrected chi connectivity index (χ1v) is 7.28. The third kappa shape index (κ3) is 3.99. The molecule has 0 heterocycles. The molecule has 0 aliphatic carbocycles. The van der Waals surface area contributed by atoms with Gasteiger partial charge in [0.2, 0.25) is 0 Å². The number of hydrogen-bond acceptors (Lipinski definition) is 1. The average molecular weight is 303 g/mol. The number of carbonyl (C=O) groups excluding carboxylic acids is 1. The Labute approximate surface area is 130 Å². The third-order valence-corrected chi connectivity index (χ3v) is 3.48. The Balaban J connectivity index is 2.17. The summed E-state index contributed by atoms with van der Waals surface area (Å²) in [5.41, 5.74) is 3.70. The van der Waals surface area contributed by atoms with Crippen molar-refractivity contribution in [3.05, 3.63) is 58.6 Å². The second kappa shape index (κ2) is 6.64. The molecule has 2 aromatic carbocycles. The smallest absolute Gasteiger partial charge is 0.308 e. The van der Waals surface area contributed by atoms with Crippen molar-refractivity contribution in [2.75, 3.05) is 10.6 Å². The Morgan fingerprint density at radius 3 is 2.48 bits per heavy atom. The minimum atomic E-state index is -0.270. The fourth-order valence-electron chi connectivity index (χ4n) is 2.18. The van der Waals surface area contributed by atoms with Crippen molar-refractivity contribution in [1.82, 2.24) is 0 Å². The number of anilines is 2. The van der Waals surface area contributed by atoms with Crippen molar-refractivity contribution in [2.45, 2.75) is 26.7 Å². The van der Waals surface area contributed by atoms with E-state index in [1.54, 1.807) is 24.3 Å². The molecule has 0 saturated heterocycles. The Morgan fingerprint density at radius 1 is 1.10 bits per heavy atom. The summed E-state index contributed by atoms with van der Waals surface area (Å²) in [5, 5.41) is 6.31. The summed E-state index contributed by atoms with van der Waals surface area (Å²) in [6, 6.07) is 12.8. The van der Waals surface area contributed by atoms with Gasteiger partial charge < -0.3 is 10.6 Å².